The highest BCUT2D eigenvalue weighted by Crippen LogP contribution is 2.18. The first-order valence-electron chi connectivity index (χ1n) is 6.57. The van der Waals surface area contributed by atoms with E-state index in [2.05, 4.69) is 10.3 Å². The zero-order valence-corrected chi connectivity index (χ0v) is 13.1. The molecule has 21 heavy (non-hydrogen) atoms. The fraction of sp³-hybridized carbons (Fsp3) is 0.538. The lowest BCUT2D eigenvalue weighted by molar-refractivity contribution is -0.137. The third kappa shape index (κ3) is 5.50. The van der Waals surface area contributed by atoms with Gasteiger partial charge in [0.1, 0.15) is 5.69 Å². The van der Waals surface area contributed by atoms with Crippen LogP contribution in [-0.2, 0) is 9.59 Å². The van der Waals surface area contributed by atoms with Gasteiger partial charge in [-0.05, 0) is 20.3 Å². The number of anilines is 1. The van der Waals surface area contributed by atoms with Crippen LogP contribution in [0.2, 0.25) is 0 Å². The number of aliphatic carboxylic acids is 1. The molecule has 0 aromatic carbocycles. The summed E-state index contributed by atoms with van der Waals surface area (Å²) in [5, 5.41) is 13.1. The average molecular weight is 313 g/mol. The number of nitrogens with zero attached hydrogens (tertiary/aromatic N) is 2. The number of carboxylic acids is 1. The van der Waals surface area contributed by atoms with Crippen LogP contribution < -0.4 is 5.32 Å². The first kappa shape index (κ1) is 17.1. The van der Waals surface area contributed by atoms with Crippen LogP contribution in [0.1, 0.15) is 44.1 Å². The largest absolute Gasteiger partial charge is 0.481 e. The summed E-state index contributed by atoms with van der Waals surface area (Å²) in [6.07, 6.45) is 0.409. The second kappa shape index (κ2) is 7.72. The van der Waals surface area contributed by atoms with E-state index in [0.29, 0.717) is 18.1 Å². The molecule has 2 N–H and O–H groups in total. The highest BCUT2D eigenvalue weighted by Gasteiger charge is 2.21. The van der Waals surface area contributed by atoms with Gasteiger partial charge in [-0.3, -0.25) is 14.4 Å². The molecule has 7 nitrogen and oxygen atoms in total. The second-order valence-corrected chi connectivity index (χ2v) is 5.67. The van der Waals surface area contributed by atoms with E-state index in [-0.39, 0.29) is 30.0 Å². The summed E-state index contributed by atoms with van der Waals surface area (Å²) < 4.78 is 0. The fourth-order valence-electron chi connectivity index (χ4n) is 1.72. The molecule has 0 bridgehead atoms. The van der Waals surface area contributed by atoms with E-state index in [4.69, 9.17) is 5.11 Å². The van der Waals surface area contributed by atoms with Gasteiger partial charge in [0.25, 0.3) is 5.91 Å². The van der Waals surface area contributed by atoms with Gasteiger partial charge >= 0.3 is 5.97 Å². The molecule has 0 unspecified atom stereocenters. The standard InChI is InChI=1S/C13H19N3O4S/c1-8(2)16(6-4-5-11(18)19)12(20)10-7-21-13(15-10)14-9(3)17/h7-8H,4-6H2,1-3H3,(H,18,19)(H,14,15,17). The molecule has 1 heterocycles. The minimum atomic E-state index is -0.882. The predicted octanol–water partition coefficient (Wildman–Crippen LogP) is 1.82. The second-order valence-electron chi connectivity index (χ2n) is 4.81. The molecule has 0 fully saturated rings. The maximum atomic E-state index is 12.4. The topological polar surface area (TPSA) is 99.6 Å². The Kier molecular flexibility index (Phi) is 6.29. The SMILES string of the molecule is CC(=O)Nc1nc(C(=O)N(CCCC(=O)O)C(C)C)cs1. The highest BCUT2D eigenvalue weighted by molar-refractivity contribution is 7.14. The van der Waals surface area contributed by atoms with Crippen LogP contribution >= 0.6 is 11.3 Å². The Morgan fingerprint density at radius 3 is 2.62 bits per heavy atom. The van der Waals surface area contributed by atoms with E-state index in [1.54, 1.807) is 10.3 Å². The lowest BCUT2D eigenvalue weighted by Gasteiger charge is -2.25. The van der Waals surface area contributed by atoms with Gasteiger partial charge in [0.15, 0.2) is 5.13 Å². The monoisotopic (exact) mass is 313 g/mol. The van der Waals surface area contributed by atoms with Crippen LogP contribution in [0, 0.1) is 0 Å². The van der Waals surface area contributed by atoms with Crippen molar-refractivity contribution in [1.82, 2.24) is 9.88 Å². The van der Waals surface area contributed by atoms with Crippen molar-refractivity contribution in [3.63, 3.8) is 0 Å². The normalized spacial score (nSPS) is 10.5. The van der Waals surface area contributed by atoms with Crippen molar-refractivity contribution in [1.29, 1.82) is 0 Å². The van der Waals surface area contributed by atoms with E-state index in [1.165, 1.54) is 18.3 Å². The Bertz CT molecular complexity index is 527. The number of thiazole rings is 1. The van der Waals surface area contributed by atoms with Crippen LogP contribution in [0.3, 0.4) is 0 Å². The molecule has 0 radical (unpaired) electrons. The van der Waals surface area contributed by atoms with Crippen LogP contribution in [0.4, 0.5) is 5.13 Å². The van der Waals surface area contributed by atoms with Crippen molar-refractivity contribution in [2.24, 2.45) is 0 Å². The molecule has 0 saturated heterocycles. The molecule has 1 aromatic heterocycles. The molecule has 0 saturated carbocycles. The van der Waals surface area contributed by atoms with Crippen molar-refractivity contribution in [2.45, 2.75) is 39.7 Å². The Morgan fingerprint density at radius 2 is 2.10 bits per heavy atom. The first-order valence-corrected chi connectivity index (χ1v) is 7.45. The van der Waals surface area contributed by atoms with Gasteiger partial charge in [-0.1, -0.05) is 0 Å². The molecule has 0 aliphatic carbocycles. The Hall–Kier alpha value is -1.96. The molecule has 8 heteroatoms. The number of carbonyl (C=O) groups is 3. The summed E-state index contributed by atoms with van der Waals surface area (Å²) in [6, 6.07) is -0.0581. The van der Waals surface area contributed by atoms with Gasteiger partial charge in [-0.2, -0.15) is 0 Å². The van der Waals surface area contributed by atoms with Crippen molar-refractivity contribution in [2.75, 3.05) is 11.9 Å². The molecule has 0 aliphatic heterocycles. The summed E-state index contributed by atoms with van der Waals surface area (Å²) >= 11 is 1.18. The summed E-state index contributed by atoms with van der Waals surface area (Å²) in [5.74, 6) is -1.39. The Labute approximate surface area is 127 Å². The predicted molar refractivity (Wildman–Crippen MR) is 79.5 cm³/mol. The molecule has 0 spiro atoms. The van der Waals surface area contributed by atoms with E-state index in [0.717, 1.165) is 0 Å². The minimum absolute atomic E-state index is 0.0186. The number of carbonyl (C=O) groups excluding carboxylic acids is 2. The number of nitrogens with one attached hydrogen (secondary N) is 1. The smallest absolute Gasteiger partial charge is 0.303 e. The number of hydrogen-bond donors (Lipinski definition) is 2. The molecule has 2 amide bonds. The average Bonchev–Trinajstić information content (AvgIpc) is 2.80. The third-order valence-corrected chi connectivity index (χ3v) is 3.44. The molecular weight excluding hydrogens is 294 g/mol. The van der Waals surface area contributed by atoms with E-state index >= 15 is 0 Å². The van der Waals surface area contributed by atoms with E-state index in [9.17, 15) is 14.4 Å². The summed E-state index contributed by atoms with van der Waals surface area (Å²) in [4.78, 5) is 39.5. The molecule has 1 aromatic rings. The molecule has 1 rings (SSSR count). The van der Waals surface area contributed by atoms with Crippen LogP contribution in [0.5, 0.6) is 0 Å². The Balaban J connectivity index is 2.73. The number of carboxylic acid groups (broad SMARTS) is 1. The number of rotatable bonds is 7. The summed E-state index contributed by atoms with van der Waals surface area (Å²) in [6.45, 7) is 5.45. The Morgan fingerprint density at radius 1 is 1.43 bits per heavy atom. The van der Waals surface area contributed by atoms with Gasteiger partial charge in [0.2, 0.25) is 5.91 Å². The van der Waals surface area contributed by atoms with Crippen LogP contribution in [0.15, 0.2) is 5.38 Å². The van der Waals surface area contributed by atoms with Crippen LogP contribution in [-0.4, -0.2) is 45.4 Å². The van der Waals surface area contributed by atoms with Crippen molar-refractivity contribution in [3.8, 4) is 0 Å². The van der Waals surface area contributed by atoms with Crippen molar-refractivity contribution in [3.05, 3.63) is 11.1 Å². The summed E-state index contributed by atoms with van der Waals surface area (Å²) in [5.41, 5.74) is 0.257. The number of hydrogen-bond acceptors (Lipinski definition) is 5. The first-order chi connectivity index (χ1) is 9.81. The maximum Gasteiger partial charge on any atom is 0.303 e. The zero-order valence-electron chi connectivity index (χ0n) is 12.3. The number of amides is 2. The van der Waals surface area contributed by atoms with E-state index < -0.39 is 5.97 Å². The molecule has 0 atom stereocenters. The van der Waals surface area contributed by atoms with Gasteiger partial charge < -0.3 is 15.3 Å². The molecular formula is C13H19N3O4S. The summed E-state index contributed by atoms with van der Waals surface area (Å²) in [7, 11) is 0. The lowest BCUT2D eigenvalue weighted by atomic mass is 10.2. The molecule has 116 valence electrons. The van der Waals surface area contributed by atoms with Gasteiger partial charge in [0, 0.05) is 31.3 Å². The quantitative estimate of drug-likeness (QED) is 0.800. The lowest BCUT2D eigenvalue weighted by Crippen LogP contribution is -2.38. The van der Waals surface area contributed by atoms with Crippen molar-refractivity contribution < 1.29 is 19.5 Å². The molecule has 0 aliphatic rings. The third-order valence-electron chi connectivity index (χ3n) is 2.68. The van der Waals surface area contributed by atoms with Crippen molar-refractivity contribution >= 4 is 34.3 Å². The number of aromatic nitrogens is 1. The van der Waals surface area contributed by atoms with Gasteiger partial charge in [0.05, 0.1) is 0 Å². The highest BCUT2D eigenvalue weighted by atomic mass is 32.1. The van der Waals surface area contributed by atoms with Gasteiger partial charge in [-0.25, -0.2) is 4.98 Å². The fourth-order valence-corrected chi connectivity index (χ4v) is 2.45. The minimum Gasteiger partial charge on any atom is -0.481 e. The van der Waals surface area contributed by atoms with Gasteiger partial charge in [-0.15, -0.1) is 11.3 Å². The van der Waals surface area contributed by atoms with Crippen LogP contribution in [0.25, 0.3) is 0 Å². The van der Waals surface area contributed by atoms with E-state index in [1.807, 2.05) is 13.8 Å². The zero-order chi connectivity index (χ0) is 16.0. The maximum absolute atomic E-state index is 12.4.